The standard InChI is InChI=1S/C24H20N2OS.ClH/c1-16-3-6-20(24-26-11-12-28-24)14-22(16)19-7-4-18(5-8-19)13-23(27)21-9-10-25-15-17(21)2;/h3-12,14-15H,13H2,1-2H3;1H. The molecule has 3 nitrogen and oxygen atoms in total. The zero-order chi connectivity index (χ0) is 19.5. The number of benzene rings is 2. The van der Waals surface area contributed by atoms with Crippen molar-refractivity contribution in [2.45, 2.75) is 20.3 Å². The summed E-state index contributed by atoms with van der Waals surface area (Å²) in [5, 5.41) is 3.02. The van der Waals surface area contributed by atoms with Crippen LogP contribution in [0.1, 0.15) is 27.0 Å². The van der Waals surface area contributed by atoms with Crippen molar-refractivity contribution in [2.24, 2.45) is 0 Å². The molecular weight excluding hydrogens is 400 g/mol. The van der Waals surface area contributed by atoms with Crippen molar-refractivity contribution < 1.29 is 4.79 Å². The number of halogens is 1. The van der Waals surface area contributed by atoms with Gasteiger partial charge in [0.05, 0.1) is 0 Å². The van der Waals surface area contributed by atoms with E-state index in [-0.39, 0.29) is 18.2 Å². The zero-order valence-electron chi connectivity index (χ0n) is 16.3. The minimum absolute atomic E-state index is 0. The van der Waals surface area contributed by atoms with E-state index in [4.69, 9.17) is 0 Å². The van der Waals surface area contributed by atoms with Crippen LogP contribution >= 0.6 is 23.7 Å². The summed E-state index contributed by atoms with van der Waals surface area (Å²) in [7, 11) is 0. The fourth-order valence-electron chi connectivity index (χ4n) is 3.30. The first kappa shape index (κ1) is 20.9. The summed E-state index contributed by atoms with van der Waals surface area (Å²) in [5.41, 5.74) is 7.35. The third-order valence-electron chi connectivity index (χ3n) is 4.87. The molecule has 0 amide bonds. The van der Waals surface area contributed by atoms with E-state index in [9.17, 15) is 4.79 Å². The molecule has 0 saturated carbocycles. The highest BCUT2D eigenvalue weighted by atomic mass is 35.5. The SMILES string of the molecule is Cc1cnccc1C(=O)Cc1ccc(-c2cc(-c3nccs3)ccc2C)cc1.Cl. The second kappa shape index (κ2) is 9.12. The fourth-order valence-corrected chi connectivity index (χ4v) is 3.94. The predicted octanol–water partition coefficient (Wildman–Crippen LogP) is 6.34. The summed E-state index contributed by atoms with van der Waals surface area (Å²) in [5.74, 6) is 0.120. The van der Waals surface area contributed by atoms with E-state index in [1.807, 2.05) is 30.6 Å². The number of hydrogen-bond donors (Lipinski definition) is 0. The van der Waals surface area contributed by atoms with Gasteiger partial charge >= 0.3 is 0 Å². The van der Waals surface area contributed by atoms with Gasteiger partial charge in [-0.1, -0.05) is 36.4 Å². The van der Waals surface area contributed by atoms with Gasteiger partial charge in [0.2, 0.25) is 0 Å². The van der Waals surface area contributed by atoms with Crippen LogP contribution in [0.5, 0.6) is 0 Å². The molecule has 2 aromatic carbocycles. The Morgan fingerprint density at radius 3 is 2.38 bits per heavy atom. The molecule has 0 aliphatic carbocycles. The summed E-state index contributed by atoms with van der Waals surface area (Å²) in [6, 6.07) is 16.5. The maximum atomic E-state index is 12.6. The van der Waals surface area contributed by atoms with Crippen molar-refractivity contribution in [3.63, 3.8) is 0 Å². The number of rotatable bonds is 5. The second-order valence-corrected chi connectivity index (χ2v) is 7.75. The number of pyridine rings is 1. The second-order valence-electron chi connectivity index (χ2n) is 6.85. The molecule has 0 bridgehead atoms. The van der Waals surface area contributed by atoms with Crippen molar-refractivity contribution in [3.8, 4) is 21.7 Å². The Hall–Kier alpha value is -2.82. The molecule has 0 aliphatic heterocycles. The molecule has 29 heavy (non-hydrogen) atoms. The summed E-state index contributed by atoms with van der Waals surface area (Å²) in [6.45, 7) is 4.03. The van der Waals surface area contributed by atoms with Crippen molar-refractivity contribution in [2.75, 3.05) is 0 Å². The molecule has 0 saturated heterocycles. The molecule has 146 valence electrons. The largest absolute Gasteiger partial charge is 0.294 e. The number of aromatic nitrogens is 2. The third kappa shape index (κ3) is 4.61. The highest BCUT2D eigenvalue weighted by molar-refractivity contribution is 7.13. The molecule has 0 aliphatic rings. The molecule has 0 spiro atoms. The summed E-state index contributed by atoms with van der Waals surface area (Å²) < 4.78 is 0. The quantitative estimate of drug-likeness (QED) is 0.354. The molecule has 4 aromatic rings. The van der Waals surface area contributed by atoms with Gasteiger partial charge in [-0.05, 0) is 53.8 Å². The van der Waals surface area contributed by atoms with Crippen LogP contribution in [-0.4, -0.2) is 15.8 Å². The number of carbonyl (C=O) groups is 1. The Kier molecular flexibility index (Phi) is 6.57. The first-order valence-electron chi connectivity index (χ1n) is 9.15. The Balaban J connectivity index is 0.00000240. The van der Waals surface area contributed by atoms with Crippen LogP contribution in [0.3, 0.4) is 0 Å². The summed E-state index contributed by atoms with van der Waals surface area (Å²) in [4.78, 5) is 21.1. The van der Waals surface area contributed by atoms with E-state index >= 15 is 0 Å². The normalized spacial score (nSPS) is 10.4. The molecule has 0 unspecified atom stereocenters. The average Bonchev–Trinajstić information content (AvgIpc) is 3.24. The van der Waals surface area contributed by atoms with Gasteiger partial charge in [-0.3, -0.25) is 9.78 Å². The van der Waals surface area contributed by atoms with E-state index in [0.29, 0.717) is 6.42 Å². The fraction of sp³-hybridized carbons (Fsp3) is 0.125. The van der Waals surface area contributed by atoms with Crippen LogP contribution in [0.15, 0.2) is 72.5 Å². The number of carbonyl (C=O) groups excluding carboxylic acids is 1. The van der Waals surface area contributed by atoms with Crippen LogP contribution in [-0.2, 0) is 6.42 Å². The monoisotopic (exact) mass is 420 g/mol. The van der Waals surface area contributed by atoms with Gasteiger partial charge in [0.1, 0.15) is 5.01 Å². The topological polar surface area (TPSA) is 42.9 Å². The van der Waals surface area contributed by atoms with Crippen LogP contribution in [0.2, 0.25) is 0 Å². The van der Waals surface area contributed by atoms with Gasteiger partial charge < -0.3 is 0 Å². The van der Waals surface area contributed by atoms with Crippen LogP contribution in [0, 0.1) is 13.8 Å². The number of aryl methyl sites for hydroxylation is 2. The Morgan fingerprint density at radius 2 is 1.69 bits per heavy atom. The first-order chi connectivity index (χ1) is 13.6. The molecule has 5 heteroatoms. The van der Waals surface area contributed by atoms with Crippen LogP contribution in [0.4, 0.5) is 0 Å². The number of hydrogen-bond acceptors (Lipinski definition) is 4. The van der Waals surface area contributed by atoms with Crippen LogP contribution in [0.25, 0.3) is 21.7 Å². The van der Waals surface area contributed by atoms with Gasteiger partial charge in [-0.25, -0.2) is 4.98 Å². The number of thiazole rings is 1. The van der Waals surface area contributed by atoms with Gasteiger partial charge in [0.15, 0.2) is 5.78 Å². The lowest BCUT2D eigenvalue weighted by atomic mass is 9.95. The minimum atomic E-state index is 0. The molecule has 0 atom stereocenters. The molecule has 0 fully saturated rings. The Bertz CT molecular complexity index is 1120. The average molecular weight is 421 g/mol. The number of ketones is 1. The van der Waals surface area contributed by atoms with E-state index < -0.39 is 0 Å². The molecule has 0 N–H and O–H groups in total. The van der Waals surface area contributed by atoms with Crippen LogP contribution < -0.4 is 0 Å². The van der Waals surface area contributed by atoms with Crippen molar-refractivity contribution in [3.05, 3.63) is 94.8 Å². The number of Topliss-reactive ketones (excluding diaryl/α,β-unsaturated/α-hetero) is 1. The molecular formula is C24H21ClN2OS. The maximum absolute atomic E-state index is 12.6. The smallest absolute Gasteiger partial charge is 0.167 e. The van der Waals surface area contributed by atoms with E-state index in [1.165, 1.54) is 11.1 Å². The summed E-state index contributed by atoms with van der Waals surface area (Å²) in [6.07, 6.45) is 5.62. The maximum Gasteiger partial charge on any atom is 0.167 e. The lowest BCUT2D eigenvalue weighted by molar-refractivity contribution is 0.0992. The zero-order valence-corrected chi connectivity index (χ0v) is 17.9. The summed E-state index contributed by atoms with van der Waals surface area (Å²) >= 11 is 1.64. The van der Waals surface area contributed by atoms with Gasteiger partial charge in [0.25, 0.3) is 0 Å². The van der Waals surface area contributed by atoms with Crippen molar-refractivity contribution in [1.82, 2.24) is 9.97 Å². The lowest BCUT2D eigenvalue weighted by Gasteiger charge is -2.10. The highest BCUT2D eigenvalue weighted by Crippen LogP contribution is 2.30. The predicted molar refractivity (Wildman–Crippen MR) is 122 cm³/mol. The molecule has 2 aromatic heterocycles. The Morgan fingerprint density at radius 1 is 0.931 bits per heavy atom. The molecule has 2 heterocycles. The Labute approximate surface area is 180 Å². The number of nitrogens with zero attached hydrogens (tertiary/aromatic N) is 2. The van der Waals surface area contributed by atoms with E-state index in [2.05, 4.69) is 47.2 Å². The van der Waals surface area contributed by atoms with Gasteiger partial charge in [-0.15, -0.1) is 23.7 Å². The third-order valence-corrected chi connectivity index (χ3v) is 5.69. The van der Waals surface area contributed by atoms with Crippen molar-refractivity contribution in [1.29, 1.82) is 0 Å². The first-order valence-corrected chi connectivity index (χ1v) is 10.0. The highest BCUT2D eigenvalue weighted by Gasteiger charge is 2.11. The van der Waals surface area contributed by atoms with E-state index in [0.717, 1.165) is 32.8 Å². The molecule has 0 radical (unpaired) electrons. The van der Waals surface area contributed by atoms with Crippen molar-refractivity contribution >= 4 is 29.5 Å². The van der Waals surface area contributed by atoms with Gasteiger partial charge in [0, 0.05) is 41.5 Å². The minimum Gasteiger partial charge on any atom is -0.294 e. The van der Waals surface area contributed by atoms with Gasteiger partial charge in [-0.2, -0.15) is 0 Å². The lowest BCUT2D eigenvalue weighted by Crippen LogP contribution is -2.05. The van der Waals surface area contributed by atoms with E-state index in [1.54, 1.807) is 29.8 Å². The molecule has 4 rings (SSSR count).